The molecule has 0 saturated heterocycles. The molecule has 1 aromatic heterocycles. The summed E-state index contributed by atoms with van der Waals surface area (Å²) >= 11 is 0. The van der Waals surface area contributed by atoms with Crippen molar-refractivity contribution >= 4 is 11.6 Å². The van der Waals surface area contributed by atoms with Crippen molar-refractivity contribution in [2.75, 3.05) is 16.8 Å². The molecule has 3 rings (SSSR count). The predicted molar refractivity (Wildman–Crippen MR) is 97.2 cm³/mol. The zero-order valence-electron chi connectivity index (χ0n) is 14.7. The summed E-state index contributed by atoms with van der Waals surface area (Å²) in [6, 6.07) is 8.70. The zero-order chi connectivity index (χ0) is 17.1. The molecule has 0 amide bonds. The number of nitrogens with zero attached hydrogens (tertiary/aromatic N) is 3. The van der Waals surface area contributed by atoms with E-state index in [1.807, 2.05) is 19.1 Å². The van der Waals surface area contributed by atoms with Gasteiger partial charge in [0.2, 0.25) is 0 Å². The van der Waals surface area contributed by atoms with Gasteiger partial charge in [0.15, 0.2) is 0 Å². The van der Waals surface area contributed by atoms with Crippen molar-refractivity contribution in [1.82, 2.24) is 9.97 Å². The Kier molecular flexibility index (Phi) is 5.00. The number of aromatic nitrogens is 2. The van der Waals surface area contributed by atoms with Crippen molar-refractivity contribution in [3.63, 3.8) is 0 Å². The lowest BCUT2D eigenvalue weighted by Crippen LogP contribution is -2.31. The highest BCUT2D eigenvalue weighted by atomic mass is 16.3. The van der Waals surface area contributed by atoms with E-state index in [4.69, 9.17) is 0 Å². The molecule has 128 valence electrons. The van der Waals surface area contributed by atoms with E-state index in [1.165, 1.54) is 11.1 Å². The van der Waals surface area contributed by atoms with E-state index in [9.17, 15) is 5.11 Å². The maximum Gasteiger partial charge on any atom is 0.134 e. The van der Waals surface area contributed by atoms with Crippen LogP contribution in [-0.4, -0.2) is 27.7 Å². The van der Waals surface area contributed by atoms with Crippen LogP contribution in [0.3, 0.4) is 0 Å². The highest BCUT2D eigenvalue weighted by Gasteiger charge is 2.19. The van der Waals surface area contributed by atoms with Crippen LogP contribution in [0.5, 0.6) is 0 Å². The molecule has 0 fully saturated rings. The summed E-state index contributed by atoms with van der Waals surface area (Å²) < 4.78 is 0. The van der Waals surface area contributed by atoms with Crippen LogP contribution < -0.4 is 10.2 Å². The number of rotatable bonds is 5. The quantitative estimate of drug-likeness (QED) is 0.883. The van der Waals surface area contributed by atoms with Crippen molar-refractivity contribution in [2.45, 2.75) is 52.3 Å². The van der Waals surface area contributed by atoms with Crippen LogP contribution in [-0.2, 0) is 13.0 Å². The molecule has 2 N–H and O–H groups in total. The van der Waals surface area contributed by atoms with Gasteiger partial charge in [0, 0.05) is 25.2 Å². The molecule has 0 saturated carbocycles. The summed E-state index contributed by atoms with van der Waals surface area (Å²) in [6.07, 6.45) is 3.24. The van der Waals surface area contributed by atoms with Gasteiger partial charge in [-0.15, -0.1) is 0 Å². The topological polar surface area (TPSA) is 61.3 Å². The Balaban J connectivity index is 1.77. The lowest BCUT2D eigenvalue weighted by molar-refractivity contribution is 0.199. The van der Waals surface area contributed by atoms with Gasteiger partial charge in [0.05, 0.1) is 6.10 Å². The summed E-state index contributed by atoms with van der Waals surface area (Å²) in [5, 5.41) is 13.1. The van der Waals surface area contributed by atoms with Crippen LogP contribution in [0.4, 0.5) is 11.6 Å². The first-order valence-electron chi connectivity index (χ1n) is 8.70. The molecule has 0 bridgehead atoms. The van der Waals surface area contributed by atoms with Crippen LogP contribution >= 0.6 is 0 Å². The molecule has 24 heavy (non-hydrogen) atoms. The first kappa shape index (κ1) is 16.7. The first-order chi connectivity index (χ1) is 11.6. The fraction of sp³-hybridized carbons (Fsp3) is 0.474. The highest BCUT2D eigenvalue weighted by molar-refractivity contribution is 5.51. The lowest BCUT2D eigenvalue weighted by atomic mass is 9.96. The molecule has 0 unspecified atom stereocenters. The Morgan fingerprint density at radius 2 is 2.04 bits per heavy atom. The third-order valence-electron chi connectivity index (χ3n) is 4.71. The number of fused-ring (bicyclic) bond motifs is 1. The molecule has 5 heteroatoms. The predicted octanol–water partition coefficient (Wildman–Crippen LogP) is 3.30. The minimum Gasteiger partial charge on any atom is -0.389 e. The summed E-state index contributed by atoms with van der Waals surface area (Å²) in [4.78, 5) is 11.1. The standard InChI is InChI=1S/C19H26N4O/c1-4-13(2)22-18-10-19(21-12-20-18)23-8-7-16-9-15(14(3)24)5-6-17(16)11-23/h5-6,9-10,12-14,24H,4,7-8,11H2,1-3H3,(H,20,21,22)/t13-,14+/m1/s1. The van der Waals surface area contributed by atoms with Gasteiger partial charge in [-0.3, -0.25) is 0 Å². The molecule has 1 aromatic carbocycles. The fourth-order valence-corrected chi connectivity index (χ4v) is 2.98. The highest BCUT2D eigenvalue weighted by Crippen LogP contribution is 2.26. The second-order valence-electron chi connectivity index (χ2n) is 6.59. The Morgan fingerprint density at radius 3 is 2.79 bits per heavy atom. The Hall–Kier alpha value is -2.14. The number of aliphatic hydroxyl groups excluding tert-OH is 1. The molecule has 0 radical (unpaired) electrons. The lowest BCUT2D eigenvalue weighted by Gasteiger charge is -2.30. The van der Waals surface area contributed by atoms with E-state index < -0.39 is 6.10 Å². The molecule has 2 atom stereocenters. The molecule has 5 nitrogen and oxygen atoms in total. The average molecular weight is 326 g/mol. The zero-order valence-corrected chi connectivity index (χ0v) is 14.7. The van der Waals surface area contributed by atoms with Crippen molar-refractivity contribution in [3.05, 3.63) is 47.3 Å². The van der Waals surface area contributed by atoms with E-state index >= 15 is 0 Å². The van der Waals surface area contributed by atoms with Crippen molar-refractivity contribution in [2.24, 2.45) is 0 Å². The summed E-state index contributed by atoms with van der Waals surface area (Å²) in [6.45, 7) is 7.89. The third-order valence-corrected chi connectivity index (χ3v) is 4.71. The average Bonchev–Trinajstić information content (AvgIpc) is 2.60. The fourth-order valence-electron chi connectivity index (χ4n) is 2.98. The maximum atomic E-state index is 9.74. The second kappa shape index (κ2) is 7.18. The number of aliphatic hydroxyl groups is 1. The maximum absolute atomic E-state index is 9.74. The molecule has 1 aliphatic rings. The minimum absolute atomic E-state index is 0.397. The monoisotopic (exact) mass is 326 g/mol. The molecule has 1 aliphatic heterocycles. The van der Waals surface area contributed by atoms with Gasteiger partial charge in [-0.2, -0.15) is 0 Å². The van der Waals surface area contributed by atoms with E-state index in [0.29, 0.717) is 6.04 Å². The van der Waals surface area contributed by atoms with Crippen LogP contribution in [0, 0.1) is 0 Å². The summed E-state index contributed by atoms with van der Waals surface area (Å²) in [7, 11) is 0. The smallest absolute Gasteiger partial charge is 0.134 e. The number of hydrogen-bond acceptors (Lipinski definition) is 5. The number of hydrogen-bond donors (Lipinski definition) is 2. The number of benzene rings is 1. The summed E-state index contributed by atoms with van der Waals surface area (Å²) in [5.74, 6) is 1.84. The number of anilines is 2. The van der Waals surface area contributed by atoms with Crippen molar-refractivity contribution in [1.29, 1.82) is 0 Å². The van der Waals surface area contributed by atoms with Gasteiger partial charge in [-0.1, -0.05) is 25.1 Å². The largest absolute Gasteiger partial charge is 0.389 e. The van der Waals surface area contributed by atoms with Gasteiger partial charge in [0.1, 0.15) is 18.0 Å². The second-order valence-corrected chi connectivity index (χ2v) is 6.59. The SMILES string of the molecule is CC[C@@H](C)Nc1cc(N2CCc3cc([C@H](C)O)ccc3C2)ncn1. The normalized spacial score (nSPS) is 16.4. The van der Waals surface area contributed by atoms with Crippen LogP contribution in [0.2, 0.25) is 0 Å². The molecule has 0 spiro atoms. The van der Waals surface area contributed by atoms with E-state index in [1.54, 1.807) is 6.33 Å². The van der Waals surface area contributed by atoms with Crippen LogP contribution in [0.25, 0.3) is 0 Å². The van der Waals surface area contributed by atoms with E-state index in [0.717, 1.165) is 43.1 Å². The minimum atomic E-state index is -0.413. The van der Waals surface area contributed by atoms with Gasteiger partial charge >= 0.3 is 0 Å². The Bertz CT molecular complexity index is 702. The van der Waals surface area contributed by atoms with Crippen LogP contribution in [0.1, 0.15) is 50.0 Å². The van der Waals surface area contributed by atoms with Crippen molar-refractivity contribution in [3.8, 4) is 0 Å². The van der Waals surface area contributed by atoms with Crippen molar-refractivity contribution < 1.29 is 5.11 Å². The third kappa shape index (κ3) is 3.67. The number of nitrogens with one attached hydrogen (secondary N) is 1. The molecule has 0 aliphatic carbocycles. The first-order valence-corrected chi connectivity index (χ1v) is 8.70. The Morgan fingerprint density at radius 1 is 1.21 bits per heavy atom. The van der Waals surface area contributed by atoms with E-state index in [2.05, 4.69) is 46.2 Å². The molecule has 2 aromatic rings. The molecule has 2 heterocycles. The van der Waals surface area contributed by atoms with Gasteiger partial charge < -0.3 is 15.3 Å². The van der Waals surface area contributed by atoms with Gasteiger partial charge in [-0.05, 0) is 43.4 Å². The van der Waals surface area contributed by atoms with E-state index in [-0.39, 0.29) is 0 Å². The van der Waals surface area contributed by atoms with Crippen LogP contribution in [0.15, 0.2) is 30.6 Å². The Labute approximate surface area is 143 Å². The molecular formula is C19H26N4O. The van der Waals surface area contributed by atoms with Gasteiger partial charge in [0.25, 0.3) is 0 Å². The summed E-state index contributed by atoms with van der Waals surface area (Å²) in [5.41, 5.74) is 3.63. The van der Waals surface area contributed by atoms with Gasteiger partial charge in [-0.25, -0.2) is 9.97 Å². The molecular weight excluding hydrogens is 300 g/mol.